The molecule has 2 heterocycles. The van der Waals surface area contributed by atoms with Crippen LogP contribution in [-0.2, 0) is 14.3 Å². The third-order valence-corrected chi connectivity index (χ3v) is 7.75. The quantitative estimate of drug-likeness (QED) is 0.557. The second-order valence-corrected chi connectivity index (χ2v) is 11.7. The van der Waals surface area contributed by atoms with E-state index in [0.29, 0.717) is 23.6 Å². The number of imide groups is 1. The van der Waals surface area contributed by atoms with E-state index in [4.69, 9.17) is 4.74 Å². The Morgan fingerprint density at radius 1 is 1.08 bits per heavy atom. The highest BCUT2D eigenvalue weighted by molar-refractivity contribution is 6.00. The first kappa shape index (κ1) is 27.4. The molecule has 2 saturated heterocycles. The highest BCUT2D eigenvalue weighted by Crippen LogP contribution is 2.30. The zero-order valence-corrected chi connectivity index (χ0v) is 22.4. The topological polar surface area (TPSA) is 91.0 Å². The number of ether oxygens (including phenoxy) is 1. The predicted molar refractivity (Wildman–Crippen MR) is 140 cm³/mol. The Morgan fingerprint density at radius 3 is 2.41 bits per heavy atom. The molecule has 37 heavy (non-hydrogen) atoms. The average Bonchev–Trinajstić information content (AvgIpc) is 2.83. The number of amides is 3. The zero-order valence-electron chi connectivity index (χ0n) is 22.4. The van der Waals surface area contributed by atoms with Crippen LogP contribution in [0.1, 0.15) is 77.2 Å². The molecule has 3 amide bonds. The number of benzene rings is 1. The van der Waals surface area contributed by atoms with Gasteiger partial charge in [-0.2, -0.15) is 0 Å². The smallest absolute Gasteiger partial charge is 0.407 e. The summed E-state index contributed by atoms with van der Waals surface area (Å²) in [6.45, 7) is 9.98. The molecule has 1 aliphatic carbocycles. The van der Waals surface area contributed by atoms with Crippen LogP contribution >= 0.6 is 0 Å². The maximum atomic E-state index is 15.0. The van der Waals surface area contributed by atoms with Gasteiger partial charge >= 0.3 is 6.09 Å². The van der Waals surface area contributed by atoms with Crippen LogP contribution in [0.3, 0.4) is 0 Å². The highest BCUT2D eigenvalue weighted by atomic mass is 19.1. The molecule has 3 aliphatic rings. The number of carbonyl (C=O) groups excluding carboxylic acids is 3. The Bertz CT molecular complexity index is 979. The predicted octanol–water partition coefficient (Wildman–Crippen LogP) is 3.94. The molecule has 1 aromatic rings. The minimum atomic E-state index is -0.476. The van der Waals surface area contributed by atoms with E-state index in [-0.39, 0.29) is 36.2 Å². The summed E-state index contributed by atoms with van der Waals surface area (Å²) < 4.78 is 20.4. The van der Waals surface area contributed by atoms with Crippen LogP contribution in [0.4, 0.5) is 14.9 Å². The molecule has 9 heteroatoms. The number of carbonyl (C=O) groups is 3. The number of nitrogens with one attached hydrogen (secondary N) is 2. The van der Waals surface area contributed by atoms with Crippen LogP contribution in [0.5, 0.6) is 0 Å². The fourth-order valence-corrected chi connectivity index (χ4v) is 5.66. The third kappa shape index (κ3) is 7.66. The second kappa shape index (κ2) is 11.8. The van der Waals surface area contributed by atoms with Gasteiger partial charge in [-0.15, -0.1) is 0 Å². The summed E-state index contributed by atoms with van der Waals surface area (Å²) in [6.07, 6.45) is 5.74. The lowest BCUT2D eigenvalue weighted by Gasteiger charge is -2.37. The number of piperazine rings is 1. The summed E-state index contributed by atoms with van der Waals surface area (Å²) in [5, 5.41) is 5.36. The minimum absolute atomic E-state index is 0.200. The lowest BCUT2D eigenvalue weighted by molar-refractivity contribution is -0.134. The van der Waals surface area contributed by atoms with Crippen molar-refractivity contribution in [1.29, 1.82) is 0 Å². The normalized spacial score (nSPS) is 25.5. The molecule has 0 spiro atoms. The summed E-state index contributed by atoms with van der Waals surface area (Å²) in [6, 6.07) is 5.24. The van der Waals surface area contributed by atoms with Crippen LogP contribution in [0.25, 0.3) is 0 Å². The standard InChI is InChI=1S/C28H41FN4O4/c1-28(2,3)37-27(36)30-21-7-4-19(5-8-21)12-13-32-14-16-33(17-15-32)24-10-6-20(18-23(24)29)22-9-11-25(34)31-26(22)35/h6,10,18-19,21-22H,4-5,7-9,11-17H2,1-3H3,(H,30,36)(H,31,34,35). The van der Waals surface area contributed by atoms with Crippen molar-refractivity contribution >= 4 is 23.6 Å². The van der Waals surface area contributed by atoms with Crippen LogP contribution in [0.2, 0.25) is 0 Å². The van der Waals surface area contributed by atoms with Crippen molar-refractivity contribution in [3.05, 3.63) is 29.6 Å². The maximum absolute atomic E-state index is 15.0. The molecule has 3 fully saturated rings. The Morgan fingerprint density at radius 2 is 1.78 bits per heavy atom. The number of alkyl carbamates (subject to hydrolysis) is 1. The molecule has 1 aromatic carbocycles. The third-order valence-electron chi connectivity index (χ3n) is 7.75. The molecule has 2 aliphatic heterocycles. The molecule has 8 nitrogen and oxygen atoms in total. The van der Waals surface area contributed by atoms with Gasteiger partial charge in [-0.1, -0.05) is 6.07 Å². The van der Waals surface area contributed by atoms with Crippen molar-refractivity contribution in [3.8, 4) is 0 Å². The summed E-state index contributed by atoms with van der Waals surface area (Å²) in [7, 11) is 0. The first-order chi connectivity index (χ1) is 17.6. The fourth-order valence-electron chi connectivity index (χ4n) is 5.66. The molecule has 2 N–H and O–H groups in total. The number of halogens is 1. The van der Waals surface area contributed by atoms with Crippen molar-refractivity contribution in [2.45, 2.75) is 83.3 Å². The number of hydrogen-bond acceptors (Lipinski definition) is 6. The van der Waals surface area contributed by atoms with Crippen molar-refractivity contribution < 1.29 is 23.5 Å². The summed E-state index contributed by atoms with van der Waals surface area (Å²) in [4.78, 5) is 40.1. The molecule has 1 atom stereocenters. The van der Waals surface area contributed by atoms with Gasteiger partial charge < -0.3 is 15.0 Å². The van der Waals surface area contributed by atoms with Gasteiger partial charge in [0.25, 0.3) is 0 Å². The van der Waals surface area contributed by atoms with Crippen molar-refractivity contribution in [1.82, 2.24) is 15.5 Å². The van der Waals surface area contributed by atoms with Gasteiger partial charge in [0.15, 0.2) is 0 Å². The molecule has 4 rings (SSSR count). The molecular formula is C28H41FN4O4. The van der Waals surface area contributed by atoms with Crippen LogP contribution in [0.15, 0.2) is 18.2 Å². The van der Waals surface area contributed by atoms with E-state index >= 15 is 0 Å². The second-order valence-electron chi connectivity index (χ2n) is 11.7. The first-order valence-corrected chi connectivity index (χ1v) is 13.7. The number of rotatable bonds is 6. The van der Waals surface area contributed by atoms with Crippen LogP contribution in [-0.4, -0.2) is 67.2 Å². The van der Waals surface area contributed by atoms with Gasteiger partial charge in [0.2, 0.25) is 11.8 Å². The molecule has 1 unspecified atom stereocenters. The van der Waals surface area contributed by atoms with E-state index in [1.807, 2.05) is 26.8 Å². The minimum Gasteiger partial charge on any atom is -0.444 e. The van der Waals surface area contributed by atoms with Crippen molar-refractivity contribution in [3.63, 3.8) is 0 Å². The summed E-state index contributed by atoms with van der Waals surface area (Å²) >= 11 is 0. The molecule has 0 radical (unpaired) electrons. The lowest BCUT2D eigenvalue weighted by Crippen LogP contribution is -2.47. The first-order valence-electron chi connectivity index (χ1n) is 13.7. The van der Waals surface area contributed by atoms with E-state index in [0.717, 1.165) is 64.8 Å². The van der Waals surface area contributed by atoms with Gasteiger partial charge in [0.1, 0.15) is 11.4 Å². The van der Waals surface area contributed by atoms with Crippen molar-refractivity contribution in [2.75, 3.05) is 37.6 Å². The molecule has 204 valence electrons. The van der Waals surface area contributed by atoms with E-state index in [1.54, 1.807) is 6.07 Å². The maximum Gasteiger partial charge on any atom is 0.407 e. The Kier molecular flexibility index (Phi) is 8.72. The van der Waals surface area contributed by atoms with Gasteiger partial charge in [-0.25, -0.2) is 9.18 Å². The number of nitrogens with zero attached hydrogens (tertiary/aromatic N) is 2. The van der Waals surface area contributed by atoms with Crippen LogP contribution < -0.4 is 15.5 Å². The largest absolute Gasteiger partial charge is 0.444 e. The van der Waals surface area contributed by atoms with Gasteiger partial charge in [0, 0.05) is 38.6 Å². The summed E-state index contributed by atoms with van der Waals surface area (Å²) in [5.74, 6) is -0.718. The summed E-state index contributed by atoms with van der Waals surface area (Å²) in [5.41, 5.74) is 0.725. The molecular weight excluding hydrogens is 475 g/mol. The van der Waals surface area contributed by atoms with E-state index < -0.39 is 11.5 Å². The zero-order chi connectivity index (χ0) is 26.6. The monoisotopic (exact) mass is 516 g/mol. The lowest BCUT2D eigenvalue weighted by atomic mass is 9.84. The highest BCUT2D eigenvalue weighted by Gasteiger charge is 2.30. The van der Waals surface area contributed by atoms with E-state index in [9.17, 15) is 18.8 Å². The van der Waals surface area contributed by atoms with E-state index in [2.05, 4.69) is 20.4 Å². The number of piperidine rings is 1. The molecule has 1 saturated carbocycles. The number of anilines is 1. The molecule has 0 bridgehead atoms. The van der Waals surface area contributed by atoms with E-state index in [1.165, 1.54) is 6.07 Å². The molecule has 0 aromatic heterocycles. The van der Waals surface area contributed by atoms with Crippen LogP contribution in [0, 0.1) is 11.7 Å². The Hall–Kier alpha value is -2.68. The fraction of sp³-hybridized carbons (Fsp3) is 0.679. The number of hydrogen-bond donors (Lipinski definition) is 2. The Labute approximate surface area is 219 Å². The van der Waals surface area contributed by atoms with Gasteiger partial charge in [0.05, 0.1) is 11.6 Å². The van der Waals surface area contributed by atoms with Gasteiger partial charge in [-0.05, 0) is 89.5 Å². The average molecular weight is 517 g/mol. The Balaban J connectivity index is 1.17. The van der Waals surface area contributed by atoms with Crippen molar-refractivity contribution in [2.24, 2.45) is 5.92 Å². The SMILES string of the molecule is CC(C)(C)OC(=O)NC1CCC(CCN2CCN(c3ccc(C4CCC(=O)NC4=O)cc3F)CC2)CC1. The van der Waals surface area contributed by atoms with Gasteiger partial charge in [-0.3, -0.25) is 19.8 Å².